The van der Waals surface area contributed by atoms with Crippen LogP contribution in [0.1, 0.15) is 0 Å². The minimum atomic E-state index is -0.588. The summed E-state index contributed by atoms with van der Waals surface area (Å²) < 4.78 is 4.95. The number of rotatable bonds is 2. The summed E-state index contributed by atoms with van der Waals surface area (Å²) in [5, 5.41) is 11.7. The van der Waals surface area contributed by atoms with E-state index in [-0.39, 0.29) is 0 Å². The van der Waals surface area contributed by atoms with E-state index in [0.29, 0.717) is 16.5 Å². The maximum absolute atomic E-state index is 11.0. The highest BCUT2D eigenvalue weighted by molar-refractivity contribution is 5.88. The van der Waals surface area contributed by atoms with Crippen LogP contribution in [0.3, 0.4) is 0 Å². The van der Waals surface area contributed by atoms with Gasteiger partial charge in [0.1, 0.15) is 5.75 Å². The van der Waals surface area contributed by atoms with Gasteiger partial charge in [-0.25, -0.2) is 9.86 Å². The van der Waals surface area contributed by atoms with Crippen molar-refractivity contribution in [3.05, 3.63) is 24.3 Å². The standard InChI is InChI=1S/C9H12N2O3/c1-11(13)9(12)10-7-3-5-8(14-2)6-4-7/h3-6,13H,1-2H3,(H,10,12). The number of urea groups is 1. The van der Waals surface area contributed by atoms with Crippen LogP contribution in [0.4, 0.5) is 10.5 Å². The largest absolute Gasteiger partial charge is 0.497 e. The number of anilines is 1. The van der Waals surface area contributed by atoms with E-state index in [1.54, 1.807) is 31.4 Å². The maximum atomic E-state index is 11.0. The van der Waals surface area contributed by atoms with Crippen molar-refractivity contribution in [2.45, 2.75) is 0 Å². The first-order chi connectivity index (χ1) is 6.63. The molecule has 1 rings (SSSR count). The van der Waals surface area contributed by atoms with Gasteiger partial charge in [-0.2, -0.15) is 0 Å². The van der Waals surface area contributed by atoms with Gasteiger partial charge in [-0.1, -0.05) is 0 Å². The topological polar surface area (TPSA) is 61.8 Å². The molecule has 1 aromatic rings. The van der Waals surface area contributed by atoms with Gasteiger partial charge in [-0.15, -0.1) is 0 Å². The molecule has 0 aliphatic rings. The third-order valence-electron chi connectivity index (χ3n) is 1.64. The van der Waals surface area contributed by atoms with E-state index in [9.17, 15) is 4.79 Å². The van der Waals surface area contributed by atoms with Gasteiger partial charge in [-0.3, -0.25) is 5.21 Å². The molecule has 5 heteroatoms. The number of nitrogens with one attached hydrogen (secondary N) is 1. The summed E-state index contributed by atoms with van der Waals surface area (Å²) in [7, 11) is 2.81. The van der Waals surface area contributed by atoms with Crippen LogP contribution in [0.15, 0.2) is 24.3 Å². The van der Waals surface area contributed by atoms with Crippen molar-refractivity contribution in [2.75, 3.05) is 19.5 Å². The molecule has 0 saturated heterocycles. The highest BCUT2D eigenvalue weighted by Gasteiger charge is 2.04. The van der Waals surface area contributed by atoms with Crippen molar-refractivity contribution in [1.29, 1.82) is 0 Å². The Morgan fingerprint density at radius 2 is 2.00 bits per heavy atom. The molecule has 0 aliphatic heterocycles. The quantitative estimate of drug-likeness (QED) is 0.557. The second-order valence-corrected chi connectivity index (χ2v) is 2.68. The zero-order chi connectivity index (χ0) is 10.6. The van der Waals surface area contributed by atoms with Gasteiger partial charge in [-0.05, 0) is 24.3 Å². The normalized spacial score (nSPS) is 9.36. The molecule has 0 atom stereocenters. The monoisotopic (exact) mass is 196 g/mol. The second kappa shape index (κ2) is 4.48. The van der Waals surface area contributed by atoms with Gasteiger partial charge in [0.2, 0.25) is 0 Å². The number of benzene rings is 1. The summed E-state index contributed by atoms with van der Waals surface area (Å²) in [6, 6.07) is 6.20. The van der Waals surface area contributed by atoms with Crippen LogP contribution < -0.4 is 10.1 Å². The number of ether oxygens (including phenoxy) is 1. The summed E-state index contributed by atoms with van der Waals surface area (Å²) in [5.41, 5.74) is 0.594. The molecule has 0 fully saturated rings. The first kappa shape index (κ1) is 10.3. The zero-order valence-corrected chi connectivity index (χ0v) is 8.02. The summed E-state index contributed by atoms with van der Waals surface area (Å²) in [6.45, 7) is 0. The molecule has 0 unspecified atom stereocenters. The first-order valence-corrected chi connectivity index (χ1v) is 4.01. The van der Waals surface area contributed by atoms with Gasteiger partial charge in [0.05, 0.1) is 7.11 Å². The smallest absolute Gasteiger partial charge is 0.345 e. The second-order valence-electron chi connectivity index (χ2n) is 2.68. The van der Waals surface area contributed by atoms with Crippen molar-refractivity contribution in [3.8, 4) is 5.75 Å². The molecule has 76 valence electrons. The highest BCUT2D eigenvalue weighted by atomic mass is 16.5. The van der Waals surface area contributed by atoms with Crippen LogP contribution in [-0.4, -0.2) is 30.5 Å². The molecule has 14 heavy (non-hydrogen) atoms. The Kier molecular flexibility index (Phi) is 3.30. The summed E-state index contributed by atoms with van der Waals surface area (Å²) >= 11 is 0. The molecule has 0 aromatic heterocycles. The number of amides is 2. The van der Waals surface area contributed by atoms with Crippen LogP contribution in [0.2, 0.25) is 0 Å². The number of hydrogen-bond acceptors (Lipinski definition) is 3. The van der Waals surface area contributed by atoms with E-state index in [1.165, 1.54) is 7.05 Å². The van der Waals surface area contributed by atoms with Crippen molar-refractivity contribution in [1.82, 2.24) is 5.06 Å². The minimum Gasteiger partial charge on any atom is -0.497 e. The molecule has 5 nitrogen and oxygen atoms in total. The fourth-order valence-corrected chi connectivity index (χ4v) is 0.879. The molecule has 0 spiro atoms. The Labute approximate surface area is 81.9 Å². The van der Waals surface area contributed by atoms with Crippen LogP contribution in [0, 0.1) is 0 Å². The first-order valence-electron chi connectivity index (χ1n) is 4.01. The average Bonchev–Trinajstić information content (AvgIpc) is 2.19. The molecule has 0 heterocycles. The summed E-state index contributed by atoms with van der Waals surface area (Å²) in [4.78, 5) is 11.0. The molecule has 0 radical (unpaired) electrons. The SMILES string of the molecule is COc1ccc(NC(=O)N(C)O)cc1. The Hall–Kier alpha value is -1.75. The summed E-state index contributed by atoms with van der Waals surface area (Å²) in [6.07, 6.45) is 0. The molecular weight excluding hydrogens is 184 g/mol. The van der Waals surface area contributed by atoms with Crippen molar-refractivity contribution >= 4 is 11.7 Å². The predicted molar refractivity (Wildman–Crippen MR) is 51.6 cm³/mol. The third-order valence-corrected chi connectivity index (χ3v) is 1.64. The van der Waals surface area contributed by atoms with Crippen molar-refractivity contribution < 1.29 is 14.7 Å². The van der Waals surface area contributed by atoms with Gasteiger partial charge in [0, 0.05) is 12.7 Å². The van der Waals surface area contributed by atoms with Crippen LogP contribution >= 0.6 is 0 Å². The number of nitrogens with zero attached hydrogens (tertiary/aromatic N) is 1. The summed E-state index contributed by atoms with van der Waals surface area (Å²) in [5.74, 6) is 0.709. The fourth-order valence-electron chi connectivity index (χ4n) is 0.879. The van der Waals surface area contributed by atoms with Crippen molar-refractivity contribution in [3.63, 3.8) is 0 Å². The van der Waals surface area contributed by atoms with Crippen LogP contribution in [0.25, 0.3) is 0 Å². The van der Waals surface area contributed by atoms with Crippen molar-refractivity contribution in [2.24, 2.45) is 0 Å². The lowest BCUT2D eigenvalue weighted by Gasteiger charge is -2.10. The average molecular weight is 196 g/mol. The Balaban J connectivity index is 2.64. The van der Waals surface area contributed by atoms with E-state index in [1.807, 2.05) is 0 Å². The molecule has 0 aliphatic carbocycles. The van der Waals surface area contributed by atoms with E-state index >= 15 is 0 Å². The molecule has 0 saturated carbocycles. The predicted octanol–water partition coefficient (Wildman–Crippen LogP) is 1.55. The fraction of sp³-hybridized carbons (Fsp3) is 0.222. The van der Waals surface area contributed by atoms with E-state index < -0.39 is 6.03 Å². The van der Waals surface area contributed by atoms with Gasteiger partial charge < -0.3 is 10.1 Å². The Morgan fingerprint density at radius 1 is 1.43 bits per heavy atom. The lowest BCUT2D eigenvalue weighted by atomic mass is 10.3. The Bertz CT molecular complexity index is 308. The zero-order valence-electron chi connectivity index (χ0n) is 8.02. The maximum Gasteiger partial charge on any atom is 0.345 e. The molecule has 2 N–H and O–H groups in total. The van der Waals surface area contributed by atoms with Crippen LogP contribution in [0.5, 0.6) is 5.75 Å². The van der Waals surface area contributed by atoms with Gasteiger partial charge in [0.25, 0.3) is 0 Å². The highest BCUT2D eigenvalue weighted by Crippen LogP contribution is 2.14. The lowest BCUT2D eigenvalue weighted by Crippen LogP contribution is -2.27. The van der Waals surface area contributed by atoms with E-state index in [0.717, 1.165) is 0 Å². The molecule has 2 amide bonds. The third kappa shape index (κ3) is 2.63. The lowest BCUT2D eigenvalue weighted by molar-refractivity contribution is -0.0118. The van der Waals surface area contributed by atoms with E-state index in [4.69, 9.17) is 9.94 Å². The number of hydrogen-bond donors (Lipinski definition) is 2. The number of hydroxylamine groups is 2. The van der Waals surface area contributed by atoms with Gasteiger partial charge in [0.15, 0.2) is 0 Å². The number of carbonyl (C=O) groups is 1. The number of methoxy groups -OCH3 is 1. The molecule has 1 aromatic carbocycles. The number of carbonyl (C=O) groups excluding carboxylic acids is 1. The van der Waals surface area contributed by atoms with Crippen LogP contribution in [-0.2, 0) is 0 Å². The minimum absolute atomic E-state index is 0.476. The van der Waals surface area contributed by atoms with Gasteiger partial charge >= 0.3 is 6.03 Å². The molecule has 0 bridgehead atoms. The van der Waals surface area contributed by atoms with E-state index in [2.05, 4.69) is 5.32 Å². The molecular formula is C9H12N2O3. The Morgan fingerprint density at radius 3 is 2.43 bits per heavy atom.